The number of anilines is 2. The fourth-order valence-electron chi connectivity index (χ4n) is 4.14. The van der Waals surface area contributed by atoms with E-state index in [-0.39, 0.29) is 17.8 Å². The molecule has 1 aliphatic carbocycles. The zero-order valence-electron chi connectivity index (χ0n) is 14.7. The molecule has 1 saturated heterocycles. The Labute approximate surface area is 156 Å². The number of nitrogens with two attached hydrogens (primary N) is 1. The molecule has 2 fully saturated rings. The molecule has 0 amide bonds. The molecule has 3 aromatic rings. The maximum absolute atomic E-state index is 10.1. The topological polar surface area (TPSA) is 114 Å². The van der Waals surface area contributed by atoms with Crippen molar-refractivity contribution in [3.05, 3.63) is 36.5 Å². The number of aliphatic hydroxyl groups is 1. The van der Waals surface area contributed by atoms with E-state index in [1.165, 1.54) is 0 Å². The van der Waals surface area contributed by atoms with Crippen molar-refractivity contribution in [3.63, 3.8) is 0 Å². The molecule has 8 nitrogen and oxygen atoms in total. The predicted octanol–water partition coefficient (Wildman–Crippen LogP) is 1.98. The van der Waals surface area contributed by atoms with Crippen molar-refractivity contribution in [1.82, 2.24) is 20.2 Å². The summed E-state index contributed by atoms with van der Waals surface area (Å²) in [6, 6.07) is 9.55. The van der Waals surface area contributed by atoms with E-state index in [1.54, 1.807) is 6.20 Å². The SMILES string of the molecule is Nc1ncc(N2C[C@@H]3CCC(O)[C@@H]3C2)nc1-c1nnc(-c2ccccc2)o1. The summed E-state index contributed by atoms with van der Waals surface area (Å²) < 4.78 is 5.78. The minimum Gasteiger partial charge on any atom is -0.414 e. The van der Waals surface area contributed by atoms with Gasteiger partial charge in [0.15, 0.2) is 11.5 Å². The van der Waals surface area contributed by atoms with Crippen molar-refractivity contribution >= 4 is 11.6 Å². The van der Waals surface area contributed by atoms with E-state index in [0.29, 0.717) is 23.4 Å². The van der Waals surface area contributed by atoms with Crippen molar-refractivity contribution in [2.45, 2.75) is 18.9 Å². The lowest BCUT2D eigenvalue weighted by molar-refractivity contribution is 0.133. The van der Waals surface area contributed by atoms with Crippen molar-refractivity contribution in [3.8, 4) is 23.0 Å². The van der Waals surface area contributed by atoms with Crippen LogP contribution in [-0.2, 0) is 0 Å². The Balaban J connectivity index is 1.44. The van der Waals surface area contributed by atoms with Gasteiger partial charge in [-0.25, -0.2) is 9.97 Å². The lowest BCUT2D eigenvalue weighted by atomic mass is 10.00. The molecule has 3 N–H and O–H groups in total. The van der Waals surface area contributed by atoms with Gasteiger partial charge in [0, 0.05) is 24.6 Å². The average molecular weight is 364 g/mol. The minimum atomic E-state index is -0.217. The third-order valence-electron chi connectivity index (χ3n) is 5.58. The van der Waals surface area contributed by atoms with Gasteiger partial charge in [-0.2, -0.15) is 0 Å². The maximum Gasteiger partial charge on any atom is 0.270 e. The summed E-state index contributed by atoms with van der Waals surface area (Å²) in [4.78, 5) is 11.1. The average Bonchev–Trinajstić information content (AvgIpc) is 3.41. The third-order valence-corrected chi connectivity index (χ3v) is 5.58. The van der Waals surface area contributed by atoms with Crippen LogP contribution in [0.15, 0.2) is 40.9 Å². The zero-order valence-corrected chi connectivity index (χ0v) is 14.7. The van der Waals surface area contributed by atoms with Gasteiger partial charge >= 0.3 is 0 Å². The summed E-state index contributed by atoms with van der Waals surface area (Å²) in [5.41, 5.74) is 7.24. The molecule has 2 aromatic heterocycles. The smallest absolute Gasteiger partial charge is 0.270 e. The molecule has 0 radical (unpaired) electrons. The van der Waals surface area contributed by atoms with E-state index in [0.717, 1.165) is 37.3 Å². The fourth-order valence-corrected chi connectivity index (χ4v) is 4.14. The van der Waals surface area contributed by atoms with Crippen molar-refractivity contribution in [2.75, 3.05) is 23.7 Å². The van der Waals surface area contributed by atoms with E-state index in [1.807, 2.05) is 30.3 Å². The molecule has 0 bridgehead atoms. The van der Waals surface area contributed by atoms with E-state index in [2.05, 4.69) is 25.1 Å². The van der Waals surface area contributed by atoms with Crippen LogP contribution in [0, 0.1) is 11.8 Å². The van der Waals surface area contributed by atoms with Gasteiger partial charge < -0.3 is 20.2 Å². The van der Waals surface area contributed by atoms with Gasteiger partial charge in [-0.05, 0) is 30.9 Å². The van der Waals surface area contributed by atoms with E-state index < -0.39 is 0 Å². The Kier molecular flexibility index (Phi) is 3.78. The predicted molar refractivity (Wildman–Crippen MR) is 99.6 cm³/mol. The van der Waals surface area contributed by atoms with Crippen LogP contribution in [0.1, 0.15) is 12.8 Å². The first-order valence-corrected chi connectivity index (χ1v) is 9.14. The van der Waals surface area contributed by atoms with Crippen molar-refractivity contribution in [1.29, 1.82) is 0 Å². The second-order valence-corrected chi connectivity index (χ2v) is 7.21. The van der Waals surface area contributed by atoms with E-state index >= 15 is 0 Å². The van der Waals surface area contributed by atoms with Crippen LogP contribution in [0.25, 0.3) is 23.0 Å². The molecule has 1 aromatic carbocycles. The van der Waals surface area contributed by atoms with Gasteiger partial charge in [0.2, 0.25) is 5.89 Å². The summed E-state index contributed by atoms with van der Waals surface area (Å²) in [5, 5.41) is 18.3. The highest BCUT2D eigenvalue weighted by atomic mass is 16.4. The molecule has 1 unspecified atom stereocenters. The lowest BCUT2D eigenvalue weighted by Crippen LogP contribution is -2.25. The molecule has 1 aliphatic heterocycles. The van der Waals surface area contributed by atoms with E-state index in [4.69, 9.17) is 10.2 Å². The molecule has 5 rings (SSSR count). The number of fused-ring (bicyclic) bond motifs is 1. The van der Waals surface area contributed by atoms with Crippen molar-refractivity contribution in [2.24, 2.45) is 11.8 Å². The third kappa shape index (κ3) is 2.82. The quantitative estimate of drug-likeness (QED) is 0.725. The largest absolute Gasteiger partial charge is 0.414 e. The number of aromatic nitrogens is 4. The normalized spacial score (nSPS) is 24.3. The van der Waals surface area contributed by atoms with Gasteiger partial charge in [0.1, 0.15) is 5.82 Å². The van der Waals surface area contributed by atoms with Crippen LogP contribution in [-0.4, -0.2) is 44.5 Å². The molecular weight excluding hydrogens is 344 g/mol. The van der Waals surface area contributed by atoms with Crippen LogP contribution < -0.4 is 10.6 Å². The second-order valence-electron chi connectivity index (χ2n) is 7.21. The highest BCUT2D eigenvalue weighted by Crippen LogP contribution is 2.39. The zero-order chi connectivity index (χ0) is 18.4. The molecule has 2 aliphatic rings. The standard InChI is InChI=1S/C19H20N6O2/c20-17-16(19-24-23-18(27-19)11-4-2-1-3-5-11)22-15(8-21-17)25-9-12-6-7-14(26)13(12)10-25/h1-5,8,12-14,26H,6-7,9-10H2,(H2,20,21)/t12-,13+,14?/m0/s1. The summed E-state index contributed by atoms with van der Waals surface area (Å²) >= 11 is 0. The molecular formula is C19H20N6O2. The molecule has 3 atom stereocenters. The Bertz CT molecular complexity index is 960. The number of hydrogen-bond acceptors (Lipinski definition) is 8. The lowest BCUT2D eigenvalue weighted by Gasteiger charge is -2.19. The first kappa shape index (κ1) is 16.2. The second kappa shape index (κ2) is 6.31. The van der Waals surface area contributed by atoms with Crippen LogP contribution in [0.3, 0.4) is 0 Å². The number of nitrogen functional groups attached to an aromatic ring is 1. The monoisotopic (exact) mass is 364 g/mol. The molecule has 27 heavy (non-hydrogen) atoms. The number of nitrogens with zero attached hydrogens (tertiary/aromatic N) is 5. The highest BCUT2D eigenvalue weighted by molar-refractivity contribution is 5.65. The number of hydrogen-bond donors (Lipinski definition) is 2. The molecule has 1 saturated carbocycles. The van der Waals surface area contributed by atoms with Crippen LogP contribution >= 0.6 is 0 Å². The fraction of sp³-hybridized carbons (Fsp3) is 0.368. The summed E-state index contributed by atoms with van der Waals surface area (Å²) in [7, 11) is 0. The highest BCUT2D eigenvalue weighted by Gasteiger charge is 2.42. The molecule has 0 spiro atoms. The number of aliphatic hydroxyl groups excluding tert-OH is 1. The Morgan fingerprint density at radius 2 is 1.89 bits per heavy atom. The molecule has 8 heteroatoms. The van der Waals surface area contributed by atoms with Gasteiger partial charge in [0.25, 0.3) is 5.89 Å². The van der Waals surface area contributed by atoms with Gasteiger partial charge in [0.05, 0.1) is 12.3 Å². The van der Waals surface area contributed by atoms with Crippen LogP contribution in [0.5, 0.6) is 0 Å². The van der Waals surface area contributed by atoms with E-state index in [9.17, 15) is 5.11 Å². The number of benzene rings is 1. The molecule has 138 valence electrons. The Hall–Kier alpha value is -3.00. The van der Waals surface area contributed by atoms with Gasteiger partial charge in [-0.1, -0.05) is 18.2 Å². The number of rotatable bonds is 3. The summed E-state index contributed by atoms with van der Waals surface area (Å²) in [6.07, 6.45) is 3.40. The van der Waals surface area contributed by atoms with Gasteiger partial charge in [-0.3, -0.25) is 0 Å². The summed E-state index contributed by atoms with van der Waals surface area (Å²) in [6.45, 7) is 1.65. The van der Waals surface area contributed by atoms with Gasteiger partial charge in [-0.15, -0.1) is 10.2 Å². The first-order chi connectivity index (χ1) is 13.2. The first-order valence-electron chi connectivity index (χ1n) is 9.14. The Morgan fingerprint density at radius 1 is 1.07 bits per heavy atom. The van der Waals surface area contributed by atoms with Crippen molar-refractivity contribution < 1.29 is 9.52 Å². The summed E-state index contributed by atoms with van der Waals surface area (Å²) in [5.74, 6) is 2.45. The van der Waals surface area contributed by atoms with Crippen LogP contribution in [0.4, 0.5) is 11.6 Å². The maximum atomic E-state index is 10.1. The Morgan fingerprint density at radius 3 is 2.70 bits per heavy atom. The van der Waals surface area contributed by atoms with Crippen LogP contribution in [0.2, 0.25) is 0 Å². The molecule has 3 heterocycles. The minimum absolute atomic E-state index is 0.217.